The maximum atomic E-state index is 9.27. The number of nitrogens with zero attached hydrogens (tertiary/aromatic N) is 4. The van der Waals surface area contributed by atoms with Gasteiger partial charge in [-0.1, -0.05) is 12.1 Å². The van der Waals surface area contributed by atoms with Crippen molar-refractivity contribution in [2.75, 3.05) is 31.0 Å². The second kappa shape index (κ2) is 8.07. The molecule has 0 atom stereocenters. The number of para-hydroxylation sites is 1. The maximum Gasteiger partial charge on any atom is 0.229 e. The fraction of sp³-hybridized carbons (Fsp3) is 0.227. The highest BCUT2D eigenvalue weighted by atomic mass is 16.5. The van der Waals surface area contributed by atoms with Gasteiger partial charge in [-0.15, -0.1) is 0 Å². The molecule has 1 aromatic heterocycles. The van der Waals surface area contributed by atoms with Gasteiger partial charge in [0.25, 0.3) is 0 Å². The third-order valence-electron chi connectivity index (χ3n) is 4.98. The Kier molecular flexibility index (Phi) is 5.16. The van der Waals surface area contributed by atoms with E-state index in [9.17, 15) is 5.26 Å². The molecule has 0 unspecified atom stereocenters. The fourth-order valence-electron chi connectivity index (χ4n) is 3.47. The predicted octanol–water partition coefficient (Wildman–Crippen LogP) is 3.67. The van der Waals surface area contributed by atoms with Gasteiger partial charge in [-0.05, 0) is 47.9 Å². The van der Waals surface area contributed by atoms with Gasteiger partial charge in [0, 0.05) is 19.3 Å². The van der Waals surface area contributed by atoms with Crippen LogP contribution in [0.4, 0.5) is 17.5 Å². The Morgan fingerprint density at radius 2 is 1.83 bits per heavy atom. The van der Waals surface area contributed by atoms with E-state index in [0.717, 1.165) is 36.8 Å². The first-order valence-corrected chi connectivity index (χ1v) is 9.29. The molecule has 29 heavy (non-hydrogen) atoms. The molecule has 7 nitrogen and oxygen atoms in total. The molecule has 146 valence electrons. The number of aromatic nitrogens is 2. The van der Waals surface area contributed by atoms with Crippen LogP contribution in [0.1, 0.15) is 16.7 Å². The zero-order valence-electron chi connectivity index (χ0n) is 16.3. The molecule has 0 fully saturated rings. The van der Waals surface area contributed by atoms with Gasteiger partial charge >= 0.3 is 0 Å². The molecular weight excluding hydrogens is 366 g/mol. The second-order valence-electron chi connectivity index (χ2n) is 6.67. The number of fused-ring (bicyclic) bond motifs is 1. The van der Waals surface area contributed by atoms with Crippen LogP contribution >= 0.6 is 0 Å². The number of hydrogen-bond donors (Lipinski definition) is 1. The van der Waals surface area contributed by atoms with Gasteiger partial charge in [-0.25, -0.2) is 4.98 Å². The molecule has 1 aliphatic heterocycles. The topological polar surface area (TPSA) is 83.3 Å². The van der Waals surface area contributed by atoms with E-state index in [1.54, 1.807) is 26.5 Å². The molecule has 0 bridgehead atoms. The number of benzene rings is 2. The molecule has 3 aromatic rings. The Morgan fingerprint density at radius 3 is 2.59 bits per heavy atom. The number of rotatable bonds is 5. The molecule has 0 saturated carbocycles. The summed E-state index contributed by atoms with van der Waals surface area (Å²) in [5, 5.41) is 12.4. The maximum absolute atomic E-state index is 9.27. The van der Waals surface area contributed by atoms with E-state index >= 15 is 0 Å². The second-order valence-corrected chi connectivity index (χ2v) is 6.67. The molecule has 4 rings (SSSR count). The summed E-state index contributed by atoms with van der Waals surface area (Å²) in [7, 11) is 3.30. The molecule has 0 spiro atoms. The highest BCUT2D eigenvalue weighted by molar-refractivity contribution is 5.63. The third kappa shape index (κ3) is 3.78. The normalized spacial score (nSPS) is 12.7. The Morgan fingerprint density at radius 1 is 1.07 bits per heavy atom. The lowest BCUT2D eigenvalue weighted by atomic mass is 9.99. The van der Waals surface area contributed by atoms with Crippen LogP contribution in [0.3, 0.4) is 0 Å². The van der Waals surface area contributed by atoms with Crippen LogP contribution in [0.25, 0.3) is 0 Å². The average Bonchev–Trinajstić information content (AvgIpc) is 2.78. The smallest absolute Gasteiger partial charge is 0.229 e. The van der Waals surface area contributed by atoms with Gasteiger partial charge in [-0.2, -0.15) is 10.2 Å². The van der Waals surface area contributed by atoms with Crippen molar-refractivity contribution in [3.8, 4) is 17.6 Å². The average molecular weight is 387 g/mol. The molecule has 0 saturated heterocycles. The van der Waals surface area contributed by atoms with Crippen LogP contribution in [0, 0.1) is 11.3 Å². The lowest BCUT2D eigenvalue weighted by Crippen LogP contribution is -2.31. The zero-order valence-corrected chi connectivity index (χ0v) is 16.3. The predicted molar refractivity (Wildman–Crippen MR) is 111 cm³/mol. The number of ether oxygens (including phenoxy) is 2. The molecule has 0 radical (unpaired) electrons. The van der Waals surface area contributed by atoms with Gasteiger partial charge in [0.05, 0.1) is 25.5 Å². The summed E-state index contributed by atoms with van der Waals surface area (Å²) >= 11 is 0. The Hall–Kier alpha value is -3.79. The summed E-state index contributed by atoms with van der Waals surface area (Å²) in [6, 6.07) is 15.5. The van der Waals surface area contributed by atoms with Gasteiger partial charge in [0.15, 0.2) is 11.5 Å². The van der Waals surface area contributed by atoms with Gasteiger partial charge < -0.3 is 19.7 Å². The van der Waals surface area contributed by atoms with E-state index in [1.165, 1.54) is 11.1 Å². The minimum absolute atomic E-state index is 0.461. The van der Waals surface area contributed by atoms with Crippen molar-refractivity contribution in [3.63, 3.8) is 0 Å². The highest BCUT2D eigenvalue weighted by Gasteiger charge is 2.21. The summed E-state index contributed by atoms with van der Waals surface area (Å²) in [6.07, 6.45) is 2.61. The molecular formula is C22H21N5O2. The molecule has 2 aromatic carbocycles. The lowest BCUT2D eigenvalue weighted by Gasteiger charge is -2.30. The monoisotopic (exact) mass is 387 g/mol. The van der Waals surface area contributed by atoms with Crippen molar-refractivity contribution in [2.45, 2.75) is 13.0 Å². The van der Waals surface area contributed by atoms with Crippen LogP contribution in [0.5, 0.6) is 11.5 Å². The van der Waals surface area contributed by atoms with Crippen LogP contribution in [-0.4, -0.2) is 30.7 Å². The van der Waals surface area contributed by atoms with Crippen molar-refractivity contribution in [1.29, 1.82) is 5.26 Å². The van der Waals surface area contributed by atoms with Crippen LogP contribution in [-0.2, 0) is 13.0 Å². The number of nitrogens with one attached hydrogen (secondary N) is 1. The first kappa shape index (κ1) is 18.6. The number of methoxy groups -OCH3 is 2. The van der Waals surface area contributed by atoms with E-state index in [0.29, 0.717) is 17.2 Å². The van der Waals surface area contributed by atoms with Crippen molar-refractivity contribution >= 4 is 17.5 Å². The molecule has 1 aliphatic rings. The van der Waals surface area contributed by atoms with E-state index in [4.69, 9.17) is 9.47 Å². The molecule has 0 amide bonds. The molecule has 7 heteroatoms. The summed E-state index contributed by atoms with van der Waals surface area (Å²) in [4.78, 5) is 11.2. The molecule has 1 N–H and O–H groups in total. The number of anilines is 3. The number of hydrogen-bond acceptors (Lipinski definition) is 7. The van der Waals surface area contributed by atoms with E-state index in [2.05, 4.69) is 32.3 Å². The van der Waals surface area contributed by atoms with Crippen molar-refractivity contribution in [1.82, 2.24) is 9.97 Å². The van der Waals surface area contributed by atoms with Gasteiger partial charge in [0.1, 0.15) is 11.9 Å². The quantitative estimate of drug-likeness (QED) is 0.715. The summed E-state index contributed by atoms with van der Waals surface area (Å²) in [5.74, 6) is 2.77. The highest BCUT2D eigenvalue weighted by Crippen LogP contribution is 2.34. The largest absolute Gasteiger partial charge is 0.493 e. The SMILES string of the molecule is COc1cc2c(cc1OC)CN(c1ccnc(Nc3ccccc3C#N)n1)CC2. The Labute approximate surface area is 169 Å². The molecule has 2 heterocycles. The van der Waals surface area contributed by atoms with Crippen molar-refractivity contribution in [2.24, 2.45) is 0 Å². The first-order valence-electron chi connectivity index (χ1n) is 9.29. The van der Waals surface area contributed by atoms with Crippen molar-refractivity contribution < 1.29 is 9.47 Å². The van der Waals surface area contributed by atoms with E-state index in [1.807, 2.05) is 30.3 Å². The van der Waals surface area contributed by atoms with Gasteiger partial charge in [-0.3, -0.25) is 0 Å². The lowest BCUT2D eigenvalue weighted by molar-refractivity contribution is 0.353. The zero-order chi connectivity index (χ0) is 20.2. The van der Waals surface area contributed by atoms with E-state index in [-0.39, 0.29) is 0 Å². The molecule has 0 aliphatic carbocycles. The summed E-state index contributed by atoms with van der Waals surface area (Å²) in [5.41, 5.74) is 3.69. The minimum atomic E-state index is 0.461. The van der Waals surface area contributed by atoms with Crippen LogP contribution < -0.4 is 19.7 Å². The standard InChI is InChI=1S/C22H21N5O2/c1-28-19-11-15-8-10-27(14-17(15)12-20(19)29-2)21-7-9-24-22(26-21)25-18-6-4-3-5-16(18)13-23/h3-7,9,11-12H,8,10,14H2,1-2H3,(H,24,25,26). The Bertz CT molecular complexity index is 1080. The Balaban J connectivity index is 1.57. The van der Waals surface area contributed by atoms with Crippen molar-refractivity contribution in [3.05, 3.63) is 65.4 Å². The van der Waals surface area contributed by atoms with E-state index < -0.39 is 0 Å². The van der Waals surface area contributed by atoms with Crippen LogP contribution in [0.15, 0.2) is 48.7 Å². The van der Waals surface area contributed by atoms with Gasteiger partial charge in [0.2, 0.25) is 5.95 Å². The first-order chi connectivity index (χ1) is 14.2. The van der Waals surface area contributed by atoms with Crippen LogP contribution in [0.2, 0.25) is 0 Å². The summed E-state index contributed by atoms with van der Waals surface area (Å²) in [6.45, 7) is 1.56. The fourth-order valence-corrected chi connectivity index (χ4v) is 3.47. The third-order valence-corrected chi connectivity index (χ3v) is 4.98. The summed E-state index contributed by atoms with van der Waals surface area (Å²) < 4.78 is 10.9. The minimum Gasteiger partial charge on any atom is -0.493 e. The number of nitriles is 1.